The lowest BCUT2D eigenvalue weighted by molar-refractivity contribution is 0.288. The van der Waals surface area contributed by atoms with Crippen molar-refractivity contribution in [3.05, 3.63) is 42.7 Å². The van der Waals surface area contributed by atoms with Gasteiger partial charge in [0, 0.05) is 36.3 Å². The molecule has 5 nitrogen and oxygen atoms in total. The molecule has 0 aliphatic carbocycles. The Morgan fingerprint density at radius 1 is 1.24 bits per heavy atom. The number of hydrogen-bond acceptors (Lipinski definition) is 4. The Balaban J connectivity index is 2.05. The number of nitrogens with zero attached hydrogens (tertiary/aromatic N) is 2. The predicted molar refractivity (Wildman–Crippen MR) is 84.7 cm³/mol. The van der Waals surface area contributed by atoms with Gasteiger partial charge in [-0.05, 0) is 26.0 Å². The molecule has 0 amide bonds. The molecule has 1 N–H and O–H groups in total. The summed E-state index contributed by atoms with van der Waals surface area (Å²) in [6.07, 6.45) is 5.40. The Labute approximate surface area is 125 Å². The topological polar surface area (TPSA) is 48.3 Å². The molecule has 21 heavy (non-hydrogen) atoms. The molecule has 0 fully saturated rings. The molecule has 0 atom stereocenters. The molecule has 0 aliphatic heterocycles. The first-order chi connectivity index (χ1) is 10.3. The number of nitrogens with one attached hydrogen (secondary N) is 1. The summed E-state index contributed by atoms with van der Waals surface area (Å²) in [6.45, 7) is 9.50. The second kappa shape index (κ2) is 7.38. The molecule has 0 aliphatic rings. The fourth-order valence-electron chi connectivity index (χ4n) is 1.93. The zero-order valence-corrected chi connectivity index (χ0v) is 12.5. The summed E-state index contributed by atoms with van der Waals surface area (Å²) in [5.41, 5.74) is 2.06. The van der Waals surface area contributed by atoms with Gasteiger partial charge < -0.3 is 14.8 Å². The maximum absolute atomic E-state index is 5.61. The molecule has 2 rings (SSSR count). The lowest BCUT2D eigenvalue weighted by atomic mass is 10.2. The van der Waals surface area contributed by atoms with Gasteiger partial charge in [0.2, 0.25) is 0 Å². The van der Waals surface area contributed by atoms with E-state index in [9.17, 15) is 0 Å². The third-order valence-electron chi connectivity index (χ3n) is 2.88. The maximum Gasteiger partial charge on any atom is 0.163 e. The van der Waals surface area contributed by atoms with E-state index in [0.29, 0.717) is 19.8 Å². The van der Waals surface area contributed by atoms with Crippen LogP contribution < -0.4 is 14.8 Å². The van der Waals surface area contributed by atoms with Crippen LogP contribution in [0.3, 0.4) is 0 Å². The Morgan fingerprint density at radius 2 is 2.00 bits per heavy atom. The summed E-state index contributed by atoms with van der Waals surface area (Å²) in [5, 5.41) is 7.49. The summed E-state index contributed by atoms with van der Waals surface area (Å²) < 4.78 is 12.8. The number of hydrogen-bond donors (Lipinski definition) is 1. The minimum atomic E-state index is 0.607. The van der Waals surface area contributed by atoms with Crippen molar-refractivity contribution >= 4 is 11.9 Å². The van der Waals surface area contributed by atoms with E-state index in [1.165, 1.54) is 0 Å². The van der Waals surface area contributed by atoms with Crippen molar-refractivity contribution in [2.45, 2.75) is 20.4 Å². The zero-order chi connectivity index (χ0) is 15.1. The largest absolute Gasteiger partial charge is 0.490 e. The van der Waals surface area contributed by atoms with Crippen LogP contribution in [-0.2, 0) is 6.54 Å². The summed E-state index contributed by atoms with van der Waals surface area (Å²) in [4.78, 5) is 0. The van der Waals surface area contributed by atoms with Crippen LogP contribution in [0.1, 0.15) is 19.4 Å². The van der Waals surface area contributed by atoms with Gasteiger partial charge in [-0.25, -0.2) is 4.68 Å². The normalized spacial score (nSPS) is 10.2. The number of aromatic nitrogens is 2. The highest BCUT2D eigenvalue weighted by molar-refractivity contribution is 5.55. The highest BCUT2D eigenvalue weighted by atomic mass is 16.5. The van der Waals surface area contributed by atoms with E-state index >= 15 is 0 Å². The van der Waals surface area contributed by atoms with Crippen LogP contribution in [0.4, 0.5) is 5.69 Å². The van der Waals surface area contributed by atoms with Crippen LogP contribution >= 0.6 is 0 Å². The first-order valence-corrected chi connectivity index (χ1v) is 7.06. The third-order valence-corrected chi connectivity index (χ3v) is 2.88. The Hall–Kier alpha value is -2.43. The van der Waals surface area contributed by atoms with Crippen molar-refractivity contribution in [2.75, 3.05) is 18.5 Å². The summed E-state index contributed by atoms with van der Waals surface area (Å²) in [7, 11) is 0. The predicted octanol–water partition coefficient (Wildman–Crippen LogP) is 3.39. The van der Waals surface area contributed by atoms with Gasteiger partial charge in [-0.2, -0.15) is 5.10 Å². The van der Waals surface area contributed by atoms with Gasteiger partial charge >= 0.3 is 0 Å². The summed E-state index contributed by atoms with van der Waals surface area (Å²) >= 11 is 0. The van der Waals surface area contributed by atoms with Crippen LogP contribution in [-0.4, -0.2) is 23.0 Å². The molecular weight excluding hydrogens is 266 g/mol. The second-order valence-corrected chi connectivity index (χ2v) is 4.39. The van der Waals surface area contributed by atoms with E-state index < -0.39 is 0 Å². The average Bonchev–Trinajstić information content (AvgIpc) is 2.96. The van der Waals surface area contributed by atoms with Crippen LogP contribution in [0.15, 0.2) is 37.2 Å². The lowest BCUT2D eigenvalue weighted by Crippen LogP contribution is -2.02. The highest BCUT2D eigenvalue weighted by Crippen LogP contribution is 2.30. The number of rotatable bonds is 8. The molecule has 1 aromatic carbocycles. The number of ether oxygens (including phenoxy) is 2. The van der Waals surface area contributed by atoms with Crippen molar-refractivity contribution < 1.29 is 9.47 Å². The van der Waals surface area contributed by atoms with E-state index in [1.54, 1.807) is 10.9 Å². The smallest absolute Gasteiger partial charge is 0.163 e. The minimum absolute atomic E-state index is 0.607. The highest BCUT2D eigenvalue weighted by Gasteiger charge is 2.06. The molecular formula is C16H21N3O2. The zero-order valence-electron chi connectivity index (χ0n) is 12.5. The van der Waals surface area contributed by atoms with E-state index in [4.69, 9.17) is 9.47 Å². The molecule has 112 valence electrons. The van der Waals surface area contributed by atoms with Gasteiger partial charge in [0.25, 0.3) is 0 Å². The Bertz CT molecular complexity index is 593. The molecule has 0 bridgehead atoms. The van der Waals surface area contributed by atoms with Crippen molar-refractivity contribution in [3.63, 3.8) is 0 Å². The van der Waals surface area contributed by atoms with Gasteiger partial charge in [0.05, 0.1) is 19.4 Å². The van der Waals surface area contributed by atoms with E-state index in [-0.39, 0.29) is 0 Å². The quantitative estimate of drug-likeness (QED) is 0.808. The summed E-state index contributed by atoms with van der Waals surface area (Å²) in [6, 6.07) is 5.85. The maximum atomic E-state index is 5.61. The van der Waals surface area contributed by atoms with Crippen LogP contribution in [0.5, 0.6) is 11.5 Å². The molecule has 1 aromatic heterocycles. The second-order valence-electron chi connectivity index (χ2n) is 4.39. The first-order valence-electron chi connectivity index (χ1n) is 7.06. The number of benzene rings is 1. The molecule has 0 spiro atoms. The fraction of sp³-hybridized carbons (Fsp3) is 0.312. The standard InChI is InChI=1S/C16H21N3O2/c1-4-19-12-13(11-18-19)10-17-14-7-8-15(20-5-2)16(9-14)21-6-3/h4,7-9,11-12,17H,1,5-6,10H2,2-3H3. The molecule has 0 radical (unpaired) electrons. The Morgan fingerprint density at radius 3 is 2.67 bits per heavy atom. The molecule has 0 saturated carbocycles. The van der Waals surface area contributed by atoms with Gasteiger partial charge in [0.15, 0.2) is 11.5 Å². The van der Waals surface area contributed by atoms with Crippen molar-refractivity contribution in [2.24, 2.45) is 0 Å². The average molecular weight is 287 g/mol. The van der Waals surface area contributed by atoms with Gasteiger partial charge in [-0.3, -0.25) is 0 Å². The molecule has 0 unspecified atom stereocenters. The molecule has 2 aromatic rings. The Kier molecular flexibility index (Phi) is 5.26. The molecule has 0 saturated heterocycles. The molecule has 1 heterocycles. The summed E-state index contributed by atoms with van der Waals surface area (Å²) in [5.74, 6) is 1.52. The first kappa shape index (κ1) is 15.0. The van der Waals surface area contributed by atoms with Crippen molar-refractivity contribution in [1.29, 1.82) is 0 Å². The molecule has 5 heteroatoms. The van der Waals surface area contributed by atoms with Gasteiger partial charge in [-0.1, -0.05) is 6.58 Å². The van der Waals surface area contributed by atoms with Crippen LogP contribution in [0.25, 0.3) is 6.20 Å². The van der Waals surface area contributed by atoms with E-state index in [2.05, 4.69) is 17.0 Å². The fourth-order valence-corrected chi connectivity index (χ4v) is 1.93. The lowest BCUT2D eigenvalue weighted by Gasteiger charge is -2.13. The number of anilines is 1. The van der Waals surface area contributed by atoms with Crippen molar-refractivity contribution in [1.82, 2.24) is 9.78 Å². The minimum Gasteiger partial charge on any atom is -0.490 e. The van der Waals surface area contributed by atoms with Crippen LogP contribution in [0.2, 0.25) is 0 Å². The van der Waals surface area contributed by atoms with Crippen molar-refractivity contribution in [3.8, 4) is 11.5 Å². The third kappa shape index (κ3) is 4.02. The van der Waals surface area contributed by atoms with Gasteiger partial charge in [0.1, 0.15) is 0 Å². The van der Waals surface area contributed by atoms with Crippen LogP contribution in [0, 0.1) is 0 Å². The van der Waals surface area contributed by atoms with Gasteiger partial charge in [-0.15, -0.1) is 0 Å². The van der Waals surface area contributed by atoms with E-state index in [1.807, 2.05) is 44.4 Å². The SMILES string of the molecule is C=Cn1cc(CNc2ccc(OCC)c(OCC)c2)cn1. The van der Waals surface area contributed by atoms with E-state index in [0.717, 1.165) is 22.7 Å². The monoisotopic (exact) mass is 287 g/mol.